The molecule has 0 heterocycles. The van der Waals surface area contributed by atoms with Crippen LogP contribution in [0.25, 0.3) is 0 Å². The molecule has 0 aliphatic heterocycles. The van der Waals surface area contributed by atoms with Crippen LogP contribution in [0.15, 0.2) is 17.3 Å². The topological polar surface area (TPSA) is 87.7 Å². The smallest absolute Gasteiger partial charge is 0.238 e. The molecular weight excluding hydrogens is 308 g/mol. The number of hydrogen-bond acceptors (Lipinski definition) is 3. The van der Waals surface area contributed by atoms with Gasteiger partial charge in [0.25, 0.3) is 0 Å². The molecule has 0 saturated carbocycles. The van der Waals surface area contributed by atoms with Crippen molar-refractivity contribution in [2.75, 3.05) is 5.32 Å². The van der Waals surface area contributed by atoms with Crippen molar-refractivity contribution in [3.05, 3.63) is 28.0 Å². The molecule has 0 bridgehead atoms. The van der Waals surface area contributed by atoms with Crippen molar-refractivity contribution in [3.63, 3.8) is 0 Å². The normalized spacial score (nSPS) is 14.8. The Hall–Kier alpha value is -1.53. The van der Waals surface area contributed by atoms with E-state index in [1.807, 2.05) is 0 Å². The van der Waals surface area contributed by atoms with Gasteiger partial charge in [-0.25, -0.2) is 4.39 Å². The van der Waals surface area contributed by atoms with Gasteiger partial charge in [-0.3, -0.25) is 4.79 Å². The number of carbonyl (C=O) groups excluding carboxylic acids is 1. The largest absolute Gasteiger partial charge is 0.409 e. The van der Waals surface area contributed by atoms with Gasteiger partial charge in [0, 0.05) is 5.69 Å². The number of rotatable bonds is 4. The highest BCUT2D eigenvalue weighted by Crippen LogP contribution is 2.29. The molecule has 0 spiro atoms. The van der Waals surface area contributed by atoms with Crippen LogP contribution in [-0.4, -0.2) is 17.0 Å². The van der Waals surface area contributed by atoms with Crippen molar-refractivity contribution in [3.8, 4) is 0 Å². The maximum atomic E-state index is 13.3. The zero-order valence-corrected chi connectivity index (χ0v) is 12.4. The Bertz CT molecular complexity index is 543. The minimum Gasteiger partial charge on any atom is -0.409 e. The van der Waals surface area contributed by atoms with Crippen LogP contribution in [0.1, 0.15) is 20.3 Å². The molecule has 1 atom stereocenters. The van der Waals surface area contributed by atoms with E-state index < -0.39 is 17.1 Å². The summed E-state index contributed by atoms with van der Waals surface area (Å²) in [5.41, 5.74) is 4.54. The zero-order valence-electron chi connectivity index (χ0n) is 10.9. The molecule has 5 nitrogen and oxygen atoms in total. The van der Waals surface area contributed by atoms with Gasteiger partial charge in [0.05, 0.1) is 10.0 Å². The summed E-state index contributed by atoms with van der Waals surface area (Å²) in [5.74, 6) is -1.51. The van der Waals surface area contributed by atoms with Crippen molar-refractivity contribution >= 4 is 40.6 Å². The van der Waals surface area contributed by atoms with Crippen LogP contribution in [0.2, 0.25) is 10.0 Å². The van der Waals surface area contributed by atoms with E-state index in [2.05, 4.69) is 10.5 Å². The molecule has 0 aliphatic rings. The number of amides is 1. The maximum Gasteiger partial charge on any atom is 0.238 e. The second-order valence-electron chi connectivity index (χ2n) is 4.38. The van der Waals surface area contributed by atoms with E-state index in [0.717, 1.165) is 0 Å². The SMILES string of the molecule is CCC(C)(C(=O)Nc1cc(Cl)c(F)c(Cl)c1)/C(N)=N/O. The predicted molar refractivity (Wildman–Crippen MR) is 76.9 cm³/mol. The van der Waals surface area contributed by atoms with E-state index >= 15 is 0 Å². The molecule has 0 saturated heterocycles. The molecule has 1 aromatic carbocycles. The van der Waals surface area contributed by atoms with Gasteiger partial charge in [-0.1, -0.05) is 35.3 Å². The summed E-state index contributed by atoms with van der Waals surface area (Å²) in [4.78, 5) is 12.2. The number of benzene rings is 1. The van der Waals surface area contributed by atoms with E-state index in [1.165, 1.54) is 19.1 Å². The number of oxime groups is 1. The van der Waals surface area contributed by atoms with E-state index in [0.29, 0.717) is 6.42 Å². The molecule has 1 amide bonds. The molecular formula is C12H14Cl2FN3O2. The maximum absolute atomic E-state index is 13.3. The van der Waals surface area contributed by atoms with Crippen molar-refractivity contribution in [1.82, 2.24) is 0 Å². The fourth-order valence-corrected chi connectivity index (χ4v) is 1.95. The molecule has 1 aromatic rings. The third kappa shape index (κ3) is 3.13. The molecule has 1 rings (SSSR count). The van der Waals surface area contributed by atoms with E-state index in [1.54, 1.807) is 6.92 Å². The Morgan fingerprint density at radius 2 is 2.00 bits per heavy atom. The van der Waals surface area contributed by atoms with E-state index in [-0.39, 0.29) is 21.6 Å². The first-order valence-electron chi connectivity index (χ1n) is 5.70. The fourth-order valence-electron chi connectivity index (χ4n) is 1.47. The van der Waals surface area contributed by atoms with Gasteiger partial charge in [0.1, 0.15) is 5.41 Å². The highest BCUT2D eigenvalue weighted by molar-refractivity contribution is 6.35. The summed E-state index contributed by atoms with van der Waals surface area (Å²) in [5, 5.41) is 13.7. The molecule has 4 N–H and O–H groups in total. The van der Waals surface area contributed by atoms with Crippen molar-refractivity contribution in [2.24, 2.45) is 16.3 Å². The average Bonchev–Trinajstić information content (AvgIpc) is 2.42. The Kier molecular flexibility index (Phi) is 5.19. The number of hydrogen-bond donors (Lipinski definition) is 3. The van der Waals surface area contributed by atoms with Gasteiger partial charge in [0.15, 0.2) is 11.7 Å². The highest BCUT2D eigenvalue weighted by Gasteiger charge is 2.36. The first kappa shape index (κ1) is 16.5. The van der Waals surface area contributed by atoms with Crippen molar-refractivity contribution < 1.29 is 14.4 Å². The van der Waals surface area contributed by atoms with Crippen LogP contribution in [0, 0.1) is 11.2 Å². The third-order valence-electron chi connectivity index (χ3n) is 3.12. The fraction of sp³-hybridized carbons (Fsp3) is 0.333. The lowest BCUT2D eigenvalue weighted by molar-refractivity contribution is -0.121. The molecule has 0 aliphatic carbocycles. The Morgan fingerprint density at radius 1 is 1.50 bits per heavy atom. The van der Waals surface area contributed by atoms with Crippen LogP contribution >= 0.6 is 23.2 Å². The average molecular weight is 322 g/mol. The molecule has 0 radical (unpaired) electrons. The lowest BCUT2D eigenvalue weighted by Gasteiger charge is -2.25. The Morgan fingerprint density at radius 3 is 2.40 bits per heavy atom. The predicted octanol–water partition coefficient (Wildman–Crippen LogP) is 3.23. The summed E-state index contributed by atoms with van der Waals surface area (Å²) < 4.78 is 13.3. The van der Waals surface area contributed by atoms with Crippen LogP contribution in [0.3, 0.4) is 0 Å². The third-order valence-corrected chi connectivity index (χ3v) is 3.67. The van der Waals surface area contributed by atoms with Crippen LogP contribution < -0.4 is 11.1 Å². The number of anilines is 1. The number of amidine groups is 1. The molecule has 0 fully saturated rings. The number of carbonyl (C=O) groups is 1. The summed E-state index contributed by atoms with van der Waals surface area (Å²) in [7, 11) is 0. The molecule has 8 heteroatoms. The zero-order chi connectivity index (χ0) is 15.5. The minimum absolute atomic E-state index is 0.213. The number of nitrogens with zero attached hydrogens (tertiary/aromatic N) is 1. The molecule has 0 aromatic heterocycles. The first-order valence-corrected chi connectivity index (χ1v) is 6.45. The van der Waals surface area contributed by atoms with Crippen LogP contribution in [0.5, 0.6) is 0 Å². The van der Waals surface area contributed by atoms with Gasteiger partial charge in [-0.2, -0.15) is 0 Å². The minimum atomic E-state index is -1.21. The summed E-state index contributed by atoms with van der Waals surface area (Å²) >= 11 is 11.3. The monoisotopic (exact) mass is 321 g/mol. The summed E-state index contributed by atoms with van der Waals surface area (Å²) in [6.45, 7) is 3.23. The number of nitrogens with two attached hydrogens (primary N) is 1. The van der Waals surface area contributed by atoms with Crippen molar-refractivity contribution in [2.45, 2.75) is 20.3 Å². The molecule has 110 valence electrons. The van der Waals surface area contributed by atoms with E-state index in [4.69, 9.17) is 34.1 Å². The molecule has 20 heavy (non-hydrogen) atoms. The standard InChI is InChI=1S/C12H14Cl2FN3O2/c1-3-12(2,10(16)18-20)11(19)17-6-4-7(13)9(15)8(14)5-6/h4-5,20H,3H2,1-2H3,(H2,16,18)(H,17,19). The molecule has 1 unspecified atom stereocenters. The first-order chi connectivity index (χ1) is 9.26. The quantitative estimate of drug-likeness (QED) is 0.261. The lowest BCUT2D eigenvalue weighted by atomic mass is 9.85. The van der Waals surface area contributed by atoms with Gasteiger partial charge < -0.3 is 16.3 Å². The number of nitrogens with one attached hydrogen (secondary N) is 1. The summed E-state index contributed by atoms with van der Waals surface area (Å²) in [6.07, 6.45) is 0.303. The summed E-state index contributed by atoms with van der Waals surface area (Å²) in [6, 6.07) is 2.45. The Labute approximate surface area is 125 Å². The second kappa shape index (κ2) is 6.28. The van der Waals surface area contributed by atoms with E-state index in [9.17, 15) is 9.18 Å². The van der Waals surface area contributed by atoms with Crippen molar-refractivity contribution in [1.29, 1.82) is 0 Å². The Balaban J connectivity index is 3.07. The van der Waals surface area contributed by atoms with Gasteiger partial charge in [-0.15, -0.1) is 0 Å². The number of halogens is 3. The van der Waals surface area contributed by atoms with Gasteiger partial charge >= 0.3 is 0 Å². The lowest BCUT2D eigenvalue weighted by Crippen LogP contribution is -2.44. The van der Waals surface area contributed by atoms with Crippen LogP contribution in [0.4, 0.5) is 10.1 Å². The van der Waals surface area contributed by atoms with Gasteiger partial charge in [-0.05, 0) is 25.5 Å². The van der Waals surface area contributed by atoms with Crippen LogP contribution in [-0.2, 0) is 4.79 Å². The van der Waals surface area contributed by atoms with Gasteiger partial charge in [0.2, 0.25) is 5.91 Å². The second-order valence-corrected chi connectivity index (χ2v) is 5.19. The highest BCUT2D eigenvalue weighted by atomic mass is 35.5.